The molecule has 0 radical (unpaired) electrons. The number of benzene rings is 2. The van der Waals surface area contributed by atoms with Crippen molar-refractivity contribution in [1.29, 1.82) is 0 Å². The number of carbonyl (C=O) groups is 1. The van der Waals surface area contributed by atoms with Crippen molar-refractivity contribution in [2.24, 2.45) is 0 Å². The van der Waals surface area contributed by atoms with Gasteiger partial charge >= 0.3 is 0 Å². The first-order chi connectivity index (χ1) is 9.88. The number of nitro groups is 1. The van der Waals surface area contributed by atoms with Crippen LogP contribution in [0.1, 0.15) is 10.4 Å². The summed E-state index contributed by atoms with van der Waals surface area (Å²) in [6.45, 7) is 0. The fourth-order valence-corrected chi connectivity index (χ4v) is 2.93. The average molecular weight is 434 g/mol. The molecule has 0 unspecified atom stereocenters. The van der Waals surface area contributed by atoms with Crippen molar-refractivity contribution in [3.05, 3.63) is 66.0 Å². The molecular weight excluding hydrogens is 427 g/mol. The highest BCUT2D eigenvalue weighted by molar-refractivity contribution is 9.11. The molecular formula is C13H7Br2ClN2O3. The largest absolute Gasteiger partial charge is 0.321 e. The molecule has 2 aromatic rings. The summed E-state index contributed by atoms with van der Waals surface area (Å²) in [5, 5.41) is 13.5. The third kappa shape index (κ3) is 3.81. The summed E-state index contributed by atoms with van der Waals surface area (Å²) in [6, 6.07) is 8.93. The molecule has 0 aliphatic carbocycles. The second-order valence-corrected chi connectivity index (χ2v) is 6.18. The van der Waals surface area contributed by atoms with Gasteiger partial charge in [0.1, 0.15) is 0 Å². The average Bonchev–Trinajstić information content (AvgIpc) is 2.42. The first kappa shape index (κ1) is 15.9. The molecule has 0 aliphatic rings. The Labute approximate surface area is 141 Å². The number of carbonyl (C=O) groups excluding carboxylic acids is 1. The molecule has 21 heavy (non-hydrogen) atoms. The molecule has 0 heterocycles. The lowest BCUT2D eigenvalue weighted by Gasteiger charge is -2.09. The van der Waals surface area contributed by atoms with E-state index in [9.17, 15) is 14.9 Å². The number of nitro benzene ring substituents is 1. The smallest absolute Gasteiger partial charge is 0.270 e. The molecule has 0 saturated carbocycles. The second-order valence-electron chi connectivity index (χ2n) is 4.00. The van der Waals surface area contributed by atoms with Crippen LogP contribution in [0.4, 0.5) is 11.4 Å². The van der Waals surface area contributed by atoms with Crippen LogP contribution in [-0.2, 0) is 0 Å². The second kappa shape index (κ2) is 6.55. The van der Waals surface area contributed by atoms with Gasteiger partial charge in [-0.2, -0.15) is 0 Å². The maximum atomic E-state index is 12.2. The van der Waals surface area contributed by atoms with Crippen molar-refractivity contribution in [2.75, 3.05) is 5.32 Å². The number of rotatable bonds is 3. The molecule has 0 spiro atoms. The van der Waals surface area contributed by atoms with Crippen LogP contribution in [0.15, 0.2) is 45.3 Å². The SMILES string of the molecule is O=C(Nc1ccc(Br)cc1Br)c1cc([N+](=O)[O-])ccc1Cl. The van der Waals surface area contributed by atoms with E-state index < -0.39 is 10.8 Å². The molecule has 1 N–H and O–H groups in total. The molecule has 108 valence electrons. The Morgan fingerprint density at radius 1 is 1.19 bits per heavy atom. The third-order valence-electron chi connectivity index (χ3n) is 2.58. The van der Waals surface area contributed by atoms with Crippen molar-refractivity contribution in [1.82, 2.24) is 0 Å². The van der Waals surface area contributed by atoms with Crippen LogP contribution in [-0.4, -0.2) is 10.8 Å². The van der Waals surface area contributed by atoms with E-state index in [1.54, 1.807) is 18.2 Å². The molecule has 0 aliphatic heterocycles. The summed E-state index contributed by atoms with van der Waals surface area (Å²) in [5.41, 5.74) is 0.380. The van der Waals surface area contributed by atoms with Gasteiger partial charge in [0.15, 0.2) is 0 Å². The summed E-state index contributed by atoms with van der Waals surface area (Å²) < 4.78 is 1.52. The predicted molar refractivity (Wildman–Crippen MR) is 87.9 cm³/mol. The summed E-state index contributed by atoms with van der Waals surface area (Å²) >= 11 is 12.5. The number of halogens is 3. The Bertz CT molecular complexity index is 737. The molecule has 8 heteroatoms. The third-order valence-corrected chi connectivity index (χ3v) is 4.06. The van der Waals surface area contributed by atoms with E-state index in [1.807, 2.05) is 0 Å². The van der Waals surface area contributed by atoms with Gasteiger partial charge in [-0.15, -0.1) is 0 Å². The lowest BCUT2D eigenvalue weighted by atomic mass is 10.2. The monoisotopic (exact) mass is 432 g/mol. The lowest BCUT2D eigenvalue weighted by molar-refractivity contribution is -0.384. The predicted octanol–water partition coefficient (Wildman–Crippen LogP) is 5.03. The van der Waals surface area contributed by atoms with Gasteiger partial charge in [-0.1, -0.05) is 27.5 Å². The fourth-order valence-electron chi connectivity index (χ4n) is 1.58. The molecule has 5 nitrogen and oxygen atoms in total. The van der Waals surface area contributed by atoms with Crippen LogP contribution >= 0.6 is 43.5 Å². The van der Waals surface area contributed by atoms with Crippen LogP contribution in [0.3, 0.4) is 0 Å². The molecule has 2 rings (SSSR count). The highest BCUT2D eigenvalue weighted by Gasteiger charge is 2.16. The van der Waals surface area contributed by atoms with Crippen LogP contribution in [0.25, 0.3) is 0 Å². The number of non-ortho nitro benzene ring substituents is 1. The van der Waals surface area contributed by atoms with Gasteiger partial charge in [-0.25, -0.2) is 0 Å². The minimum absolute atomic E-state index is 0.0423. The van der Waals surface area contributed by atoms with Gasteiger partial charge in [-0.05, 0) is 40.2 Å². The highest BCUT2D eigenvalue weighted by atomic mass is 79.9. The van der Waals surface area contributed by atoms with E-state index in [2.05, 4.69) is 37.2 Å². The first-order valence-electron chi connectivity index (χ1n) is 5.59. The van der Waals surface area contributed by atoms with E-state index in [1.165, 1.54) is 12.1 Å². The van der Waals surface area contributed by atoms with Crippen molar-refractivity contribution >= 4 is 60.7 Å². The molecule has 0 atom stereocenters. The van der Waals surface area contributed by atoms with Crippen molar-refractivity contribution in [2.45, 2.75) is 0 Å². The van der Waals surface area contributed by atoms with Crippen molar-refractivity contribution < 1.29 is 9.72 Å². The Kier molecular flexibility index (Phi) is 4.97. The molecule has 0 aromatic heterocycles. The summed E-state index contributed by atoms with van der Waals surface area (Å²) in [7, 11) is 0. The number of nitrogens with one attached hydrogen (secondary N) is 1. The van der Waals surface area contributed by atoms with Gasteiger partial charge in [0.2, 0.25) is 0 Å². The van der Waals surface area contributed by atoms with Crippen LogP contribution in [0, 0.1) is 10.1 Å². The number of hydrogen-bond donors (Lipinski definition) is 1. The van der Waals surface area contributed by atoms with Gasteiger partial charge in [0.05, 0.1) is 21.2 Å². The molecule has 0 saturated heterocycles. The first-order valence-corrected chi connectivity index (χ1v) is 7.55. The normalized spacial score (nSPS) is 10.2. The highest BCUT2D eigenvalue weighted by Crippen LogP contribution is 2.28. The fraction of sp³-hybridized carbons (Fsp3) is 0. The molecule has 1 amide bonds. The van der Waals surface area contributed by atoms with Crippen LogP contribution in [0.2, 0.25) is 5.02 Å². The van der Waals surface area contributed by atoms with E-state index >= 15 is 0 Å². The summed E-state index contributed by atoms with van der Waals surface area (Å²) in [4.78, 5) is 22.4. The van der Waals surface area contributed by atoms with Crippen molar-refractivity contribution in [3.63, 3.8) is 0 Å². The Balaban J connectivity index is 2.32. The van der Waals surface area contributed by atoms with Crippen LogP contribution in [0.5, 0.6) is 0 Å². The Morgan fingerprint density at radius 2 is 1.90 bits per heavy atom. The number of amides is 1. The number of anilines is 1. The van der Waals surface area contributed by atoms with Gasteiger partial charge in [-0.3, -0.25) is 14.9 Å². The van der Waals surface area contributed by atoms with Crippen molar-refractivity contribution in [3.8, 4) is 0 Å². The van der Waals surface area contributed by atoms with Gasteiger partial charge in [0, 0.05) is 21.1 Å². The van der Waals surface area contributed by atoms with E-state index in [0.29, 0.717) is 10.2 Å². The van der Waals surface area contributed by atoms with Gasteiger partial charge < -0.3 is 5.32 Å². The molecule has 0 fully saturated rings. The van der Waals surface area contributed by atoms with E-state index in [4.69, 9.17) is 11.6 Å². The lowest BCUT2D eigenvalue weighted by Crippen LogP contribution is -2.13. The summed E-state index contributed by atoms with van der Waals surface area (Å²) in [5.74, 6) is -0.522. The van der Waals surface area contributed by atoms with Crippen LogP contribution < -0.4 is 5.32 Å². The summed E-state index contributed by atoms with van der Waals surface area (Å²) in [6.07, 6.45) is 0. The zero-order valence-electron chi connectivity index (χ0n) is 10.3. The maximum absolute atomic E-state index is 12.2. The standard InChI is InChI=1S/C13H7Br2ClN2O3/c14-7-1-4-12(10(15)5-7)17-13(19)9-6-8(18(20)21)2-3-11(9)16/h1-6H,(H,17,19). The Morgan fingerprint density at radius 3 is 2.52 bits per heavy atom. The maximum Gasteiger partial charge on any atom is 0.270 e. The Hall–Kier alpha value is -1.44. The number of nitrogens with zero attached hydrogens (tertiary/aromatic N) is 1. The van der Waals surface area contributed by atoms with Gasteiger partial charge in [0.25, 0.3) is 11.6 Å². The van der Waals surface area contributed by atoms with E-state index in [0.717, 1.165) is 10.5 Å². The topological polar surface area (TPSA) is 72.2 Å². The quantitative estimate of drug-likeness (QED) is 0.544. The zero-order valence-corrected chi connectivity index (χ0v) is 14.2. The minimum atomic E-state index is -0.581. The minimum Gasteiger partial charge on any atom is -0.321 e. The zero-order chi connectivity index (χ0) is 15.6. The molecule has 0 bridgehead atoms. The number of hydrogen-bond acceptors (Lipinski definition) is 3. The molecule has 2 aromatic carbocycles. The van der Waals surface area contributed by atoms with E-state index in [-0.39, 0.29) is 16.3 Å².